The van der Waals surface area contributed by atoms with E-state index in [0.717, 1.165) is 16.2 Å². The van der Waals surface area contributed by atoms with E-state index >= 15 is 0 Å². The van der Waals surface area contributed by atoms with E-state index < -0.39 is 0 Å². The number of carbonyl (C=O) groups excluding carboxylic acids is 1. The maximum atomic E-state index is 12.4. The molecule has 4 rings (SSSR count). The van der Waals surface area contributed by atoms with Crippen molar-refractivity contribution >= 4 is 46.3 Å². The standard InChI is InChI=1S/C20H17ClN2OS2/c1-25-15-7-4-12(5-8-15)19(24)22-14-6-9-16(17(21)10-14)18-11-26-20(23-18)13-2-3-13/h4-11,13H,2-3H2,1H3,(H,22,24). The van der Waals surface area contributed by atoms with E-state index in [1.54, 1.807) is 29.2 Å². The lowest BCUT2D eigenvalue weighted by Gasteiger charge is -2.08. The number of thiazole rings is 1. The van der Waals surface area contributed by atoms with E-state index in [1.807, 2.05) is 42.7 Å². The summed E-state index contributed by atoms with van der Waals surface area (Å²) in [6.45, 7) is 0. The fraction of sp³-hybridized carbons (Fsp3) is 0.200. The predicted molar refractivity (Wildman–Crippen MR) is 111 cm³/mol. The second-order valence-electron chi connectivity index (χ2n) is 6.22. The minimum absolute atomic E-state index is 0.147. The zero-order valence-electron chi connectivity index (χ0n) is 14.2. The van der Waals surface area contributed by atoms with Crippen molar-refractivity contribution in [3.63, 3.8) is 0 Å². The molecule has 1 aliphatic rings. The first kappa shape index (κ1) is 17.6. The Kier molecular flexibility index (Phi) is 5.02. The first-order valence-corrected chi connectivity index (χ1v) is 10.8. The number of thioether (sulfide) groups is 1. The van der Waals surface area contributed by atoms with Crippen LogP contribution in [0, 0.1) is 0 Å². The molecule has 0 bridgehead atoms. The summed E-state index contributed by atoms with van der Waals surface area (Å²) >= 11 is 9.79. The highest BCUT2D eigenvalue weighted by Crippen LogP contribution is 2.43. The quantitative estimate of drug-likeness (QED) is 0.510. The lowest BCUT2D eigenvalue weighted by atomic mass is 10.1. The van der Waals surface area contributed by atoms with Gasteiger partial charge in [-0.05, 0) is 61.6 Å². The molecule has 26 heavy (non-hydrogen) atoms. The van der Waals surface area contributed by atoms with E-state index in [2.05, 4.69) is 10.7 Å². The van der Waals surface area contributed by atoms with Crippen LogP contribution in [0.4, 0.5) is 5.69 Å². The Morgan fingerprint density at radius 3 is 2.65 bits per heavy atom. The van der Waals surface area contributed by atoms with Crippen LogP contribution < -0.4 is 5.32 Å². The topological polar surface area (TPSA) is 42.0 Å². The summed E-state index contributed by atoms with van der Waals surface area (Å²) in [4.78, 5) is 18.2. The Morgan fingerprint density at radius 2 is 2.00 bits per heavy atom. The zero-order valence-corrected chi connectivity index (χ0v) is 16.5. The van der Waals surface area contributed by atoms with Gasteiger partial charge in [0.15, 0.2) is 0 Å². The van der Waals surface area contributed by atoms with Crippen LogP contribution in [-0.2, 0) is 0 Å². The first-order valence-electron chi connectivity index (χ1n) is 8.35. The average molecular weight is 401 g/mol. The van der Waals surface area contributed by atoms with Gasteiger partial charge in [-0.3, -0.25) is 4.79 Å². The van der Waals surface area contributed by atoms with Crippen LogP contribution >= 0.6 is 34.7 Å². The van der Waals surface area contributed by atoms with E-state index in [-0.39, 0.29) is 5.91 Å². The lowest BCUT2D eigenvalue weighted by molar-refractivity contribution is 0.102. The number of benzene rings is 2. The molecule has 0 spiro atoms. The summed E-state index contributed by atoms with van der Waals surface area (Å²) < 4.78 is 0. The predicted octanol–water partition coefficient (Wildman–Crippen LogP) is 6.32. The molecule has 3 aromatic rings. The van der Waals surface area contributed by atoms with Crippen LogP contribution in [-0.4, -0.2) is 17.1 Å². The van der Waals surface area contributed by atoms with Gasteiger partial charge in [0.25, 0.3) is 5.91 Å². The molecule has 0 atom stereocenters. The van der Waals surface area contributed by atoms with Gasteiger partial charge in [0, 0.05) is 33.0 Å². The van der Waals surface area contributed by atoms with Crippen LogP contribution in [0.15, 0.2) is 52.7 Å². The zero-order chi connectivity index (χ0) is 18.1. The van der Waals surface area contributed by atoms with Gasteiger partial charge in [-0.15, -0.1) is 23.1 Å². The molecule has 1 aliphatic carbocycles. The molecule has 0 radical (unpaired) electrons. The highest BCUT2D eigenvalue weighted by molar-refractivity contribution is 7.98. The molecule has 2 aromatic carbocycles. The molecule has 0 unspecified atom stereocenters. The third-order valence-electron chi connectivity index (χ3n) is 4.30. The average Bonchev–Trinajstić information content (AvgIpc) is 3.39. The number of hydrogen-bond donors (Lipinski definition) is 1. The summed E-state index contributed by atoms with van der Waals surface area (Å²) in [6, 6.07) is 13.1. The van der Waals surface area contributed by atoms with Crippen molar-refractivity contribution < 1.29 is 4.79 Å². The maximum absolute atomic E-state index is 12.4. The smallest absolute Gasteiger partial charge is 0.255 e. The van der Waals surface area contributed by atoms with Crippen molar-refractivity contribution in [1.82, 2.24) is 4.98 Å². The Balaban J connectivity index is 1.50. The first-order chi connectivity index (χ1) is 12.6. The SMILES string of the molecule is CSc1ccc(C(=O)Nc2ccc(-c3csc(C4CC4)n3)c(Cl)c2)cc1. The van der Waals surface area contributed by atoms with Crippen molar-refractivity contribution in [1.29, 1.82) is 0 Å². The molecule has 1 aromatic heterocycles. The van der Waals surface area contributed by atoms with Gasteiger partial charge in [-0.25, -0.2) is 4.98 Å². The number of rotatable bonds is 5. The van der Waals surface area contributed by atoms with Crippen molar-refractivity contribution in [3.8, 4) is 11.3 Å². The van der Waals surface area contributed by atoms with Gasteiger partial charge in [0.2, 0.25) is 0 Å². The van der Waals surface area contributed by atoms with Crippen LogP contribution in [0.2, 0.25) is 5.02 Å². The number of nitrogens with zero attached hydrogens (tertiary/aromatic N) is 1. The molecule has 0 aliphatic heterocycles. The number of amides is 1. The van der Waals surface area contributed by atoms with Crippen molar-refractivity contribution in [3.05, 3.63) is 63.4 Å². The summed E-state index contributed by atoms with van der Waals surface area (Å²) in [5, 5.41) is 6.74. The minimum Gasteiger partial charge on any atom is -0.322 e. The van der Waals surface area contributed by atoms with Gasteiger partial charge in [0.05, 0.1) is 15.7 Å². The number of carbonyl (C=O) groups is 1. The molecule has 1 heterocycles. The number of anilines is 1. The van der Waals surface area contributed by atoms with Crippen LogP contribution in [0.1, 0.15) is 34.1 Å². The maximum Gasteiger partial charge on any atom is 0.255 e. The molecule has 6 heteroatoms. The minimum atomic E-state index is -0.147. The number of nitrogens with one attached hydrogen (secondary N) is 1. The highest BCUT2D eigenvalue weighted by atomic mass is 35.5. The van der Waals surface area contributed by atoms with Crippen molar-refractivity contribution in [2.45, 2.75) is 23.7 Å². The largest absolute Gasteiger partial charge is 0.322 e. The van der Waals surface area contributed by atoms with Gasteiger partial charge in [0.1, 0.15) is 0 Å². The number of aromatic nitrogens is 1. The van der Waals surface area contributed by atoms with E-state index in [0.29, 0.717) is 22.2 Å². The Hall–Kier alpha value is -1.82. The molecular weight excluding hydrogens is 384 g/mol. The van der Waals surface area contributed by atoms with E-state index in [1.165, 1.54) is 17.8 Å². The van der Waals surface area contributed by atoms with Crippen LogP contribution in [0.25, 0.3) is 11.3 Å². The summed E-state index contributed by atoms with van der Waals surface area (Å²) in [6.07, 6.45) is 4.49. The Bertz CT molecular complexity index is 949. The highest BCUT2D eigenvalue weighted by Gasteiger charge is 2.27. The van der Waals surface area contributed by atoms with Crippen LogP contribution in [0.5, 0.6) is 0 Å². The fourth-order valence-corrected chi connectivity index (χ4v) is 4.35. The molecular formula is C20H17ClN2OS2. The second-order valence-corrected chi connectivity index (χ2v) is 8.40. The normalized spacial score (nSPS) is 13.6. The third-order valence-corrected chi connectivity index (χ3v) is 6.37. The van der Waals surface area contributed by atoms with Gasteiger partial charge >= 0.3 is 0 Å². The molecule has 3 nitrogen and oxygen atoms in total. The fourth-order valence-electron chi connectivity index (χ4n) is 2.68. The van der Waals surface area contributed by atoms with Gasteiger partial charge in [-0.2, -0.15) is 0 Å². The number of halogens is 1. The third kappa shape index (κ3) is 3.80. The van der Waals surface area contributed by atoms with E-state index in [4.69, 9.17) is 16.6 Å². The second kappa shape index (κ2) is 7.43. The summed E-state index contributed by atoms with van der Waals surface area (Å²) in [7, 11) is 0. The lowest BCUT2D eigenvalue weighted by Crippen LogP contribution is -2.11. The van der Waals surface area contributed by atoms with Gasteiger partial charge < -0.3 is 5.32 Å². The van der Waals surface area contributed by atoms with E-state index in [9.17, 15) is 4.79 Å². The summed E-state index contributed by atoms with van der Waals surface area (Å²) in [5.74, 6) is 0.495. The summed E-state index contributed by atoms with van der Waals surface area (Å²) in [5.41, 5.74) is 3.11. The molecule has 1 N–H and O–H groups in total. The number of hydrogen-bond acceptors (Lipinski definition) is 4. The Labute approximate surface area is 165 Å². The van der Waals surface area contributed by atoms with Crippen molar-refractivity contribution in [2.75, 3.05) is 11.6 Å². The van der Waals surface area contributed by atoms with Crippen LogP contribution in [0.3, 0.4) is 0 Å². The monoisotopic (exact) mass is 400 g/mol. The Morgan fingerprint density at radius 1 is 1.23 bits per heavy atom. The van der Waals surface area contributed by atoms with Gasteiger partial charge in [-0.1, -0.05) is 11.6 Å². The molecule has 132 valence electrons. The molecule has 1 saturated carbocycles. The molecule has 0 saturated heterocycles. The molecule has 1 fully saturated rings. The van der Waals surface area contributed by atoms with Crippen molar-refractivity contribution in [2.24, 2.45) is 0 Å². The molecule has 1 amide bonds.